The number of allylic oxidation sites excluding steroid dienone is 1. The van der Waals surface area contributed by atoms with Crippen LogP contribution in [0.5, 0.6) is 5.75 Å². The van der Waals surface area contributed by atoms with Crippen molar-refractivity contribution in [1.82, 2.24) is 9.71 Å². The average Bonchev–Trinajstić information content (AvgIpc) is 3.22. The average molecular weight is 446 g/mol. The highest BCUT2D eigenvalue weighted by Crippen LogP contribution is 2.30. The van der Waals surface area contributed by atoms with Crippen LogP contribution in [0, 0.1) is 0 Å². The molecule has 1 N–H and O–H groups in total. The van der Waals surface area contributed by atoms with Gasteiger partial charge in [-0.3, -0.25) is 0 Å². The van der Waals surface area contributed by atoms with Gasteiger partial charge in [0.1, 0.15) is 12.0 Å². The molecule has 0 saturated heterocycles. The summed E-state index contributed by atoms with van der Waals surface area (Å²) in [6.45, 7) is -2.72. The van der Waals surface area contributed by atoms with Crippen molar-refractivity contribution in [2.75, 3.05) is 6.54 Å². The third-order valence-corrected chi connectivity index (χ3v) is 6.48. The first-order valence-corrected chi connectivity index (χ1v) is 11.2. The van der Waals surface area contributed by atoms with E-state index in [1.165, 1.54) is 18.4 Å². The van der Waals surface area contributed by atoms with Crippen LogP contribution in [0.2, 0.25) is 0 Å². The van der Waals surface area contributed by atoms with Gasteiger partial charge in [-0.25, -0.2) is 18.1 Å². The number of oxazole rings is 1. The Labute approximate surface area is 178 Å². The van der Waals surface area contributed by atoms with Crippen molar-refractivity contribution in [2.24, 2.45) is 0 Å². The van der Waals surface area contributed by atoms with Crippen LogP contribution in [-0.2, 0) is 22.9 Å². The second-order valence-electron chi connectivity index (χ2n) is 7.01. The Morgan fingerprint density at radius 3 is 2.71 bits per heavy atom. The molecule has 4 rings (SSSR count). The van der Waals surface area contributed by atoms with Gasteiger partial charge in [0.2, 0.25) is 15.9 Å². The number of benzene rings is 2. The predicted molar refractivity (Wildman–Crippen MR) is 112 cm³/mol. The van der Waals surface area contributed by atoms with Crippen LogP contribution in [0.1, 0.15) is 23.2 Å². The molecule has 1 heterocycles. The summed E-state index contributed by atoms with van der Waals surface area (Å²) in [6.07, 6.45) is 4.17. The molecule has 2 aromatic carbocycles. The molecule has 0 unspecified atom stereocenters. The van der Waals surface area contributed by atoms with E-state index >= 15 is 0 Å². The highest BCUT2D eigenvalue weighted by Gasteiger charge is 2.22. The minimum atomic E-state index is -3.67. The maximum absolute atomic E-state index is 12.7. The van der Waals surface area contributed by atoms with Crippen molar-refractivity contribution in [3.63, 3.8) is 0 Å². The van der Waals surface area contributed by atoms with E-state index in [1.807, 2.05) is 30.3 Å². The lowest BCUT2D eigenvalue weighted by molar-refractivity contribution is -0.0498. The van der Waals surface area contributed by atoms with E-state index in [1.54, 1.807) is 12.1 Å². The van der Waals surface area contributed by atoms with E-state index < -0.39 is 16.6 Å². The Bertz CT molecular complexity index is 1190. The molecule has 0 spiro atoms. The molecule has 0 bridgehead atoms. The second kappa shape index (κ2) is 8.99. The van der Waals surface area contributed by atoms with Crippen LogP contribution in [-0.4, -0.2) is 26.6 Å². The van der Waals surface area contributed by atoms with Crippen molar-refractivity contribution < 1.29 is 26.4 Å². The van der Waals surface area contributed by atoms with Gasteiger partial charge >= 0.3 is 6.61 Å². The maximum atomic E-state index is 12.7. The van der Waals surface area contributed by atoms with Crippen LogP contribution in [0.4, 0.5) is 8.78 Å². The van der Waals surface area contributed by atoms with E-state index in [4.69, 9.17) is 4.42 Å². The van der Waals surface area contributed by atoms with E-state index in [0.29, 0.717) is 30.0 Å². The predicted octanol–water partition coefficient (Wildman–Crippen LogP) is 4.39. The van der Waals surface area contributed by atoms with Crippen molar-refractivity contribution >= 4 is 16.1 Å². The van der Waals surface area contributed by atoms with Crippen LogP contribution in [0.15, 0.2) is 64.1 Å². The summed E-state index contributed by atoms with van der Waals surface area (Å²) in [5, 5.41) is 0. The number of aromatic nitrogens is 1. The van der Waals surface area contributed by atoms with E-state index in [-0.39, 0.29) is 23.6 Å². The SMILES string of the molecule is O=S(=O)(NCCc1coc(-c2ccccc2)n1)C1=Cc2ccc(OC(F)F)cc2CC1. The lowest BCUT2D eigenvalue weighted by Crippen LogP contribution is -2.28. The number of aryl methyl sites for hydroxylation is 1. The number of alkyl halides is 2. The highest BCUT2D eigenvalue weighted by atomic mass is 32.2. The number of halogens is 2. The molecule has 31 heavy (non-hydrogen) atoms. The molecule has 0 saturated carbocycles. The Morgan fingerprint density at radius 1 is 1.13 bits per heavy atom. The standard InChI is InChI=1S/C22H20F2N2O4S/c23-22(24)30-19-8-6-17-13-20(9-7-16(17)12-19)31(27,28)25-11-10-18-14-29-21(26-18)15-4-2-1-3-5-15/h1-6,8,12-14,22,25H,7,9-11H2. The fourth-order valence-electron chi connectivity index (χ4n) is 3.37. The molecule has 1 aliphatic carbocycles. The Morgan fingerprint density at radius 2 is 1.94 bits per heavy atom. The Balaban J connectivity index is 1.38. The number of rotatable bonds is 8. The maximum Gasteiger partial charge on any atom is 0.387 e. The van der Waals surface area contributed by atoms with Crippen molar-refractivity contribution in [3.8, 4) is 17.2 Å². The zero-order valence-electron chi connectivity index (χ0n) is 16.4. The number of ether oxygens (including phenoxy) is 1. The minimum absolute atomic E-state index is 0.0640. The first-order valence-electron chi connectivity index (χ1n) is 9.68. The lowest BCUT2D eigenvalue weighted by Gasteiger charge is -2.18. The molecular weight excluding hydrogens is 426 g/mol. The highest BCUT2D eigenvalue weighted by molar-refractivity contribution is 7.93. The monoisotopic (exact) mass is 446 g/mol. The third-order valence-electron chi connectivity index (χ3n) is 4.89. The van der Waals surface area contributed by atoms with Crippen LogP contribution in [0.25, 0.3) is 17.5 Å². The van der Waals surface area contributed by atoms with Gasteiger partial charge in [-0.2, -0.15) is 8.78 Å². The molecule has 1 aliphatic rings. The number of hydrogen-bond donors (Lipinski definition) is 1. The quantitative estimate of drug-likeness (QED) is 0.555. The Kier molecular flexibility index (Phi) is 6.15. The fraction of sp³-hybridized carbons (Fsp3) is 0.227. The number of nitrogens with one attached hydrogen (secondary N) is 1. The lowest BCUT2D eigenvalue weighted by atomic mass is 9.97. The van der Waals surface area contributed by atoms with Gasteiger partial charge in [0.25, 0.3) is 0 Å². The number of hydrogen-bond acceptors (Lipinski definition) is 5. The number of nitrogens with zero attached hydrogens (tertiary/aromatic N) is 1. The van der Waals surface area contributed by atoms with Crippen LogP contribution in [0.3, 0.4) is 0 Å². The summed E-state index contributed by atoms with van der Waals surface area (Å²) >= 11 is 0. The summed E-state index contributed by atoms with van der Waals surface area (Å²) in [5.74, 6) is 0.550. The molecule has 9 heteroatoms. The van der Waals surface area contributed by atoms with Crippen LogP contribution < -0.4 is 9.46 Å². The molecule has 0 aliphatic heterocycles. The minimum Gasteiger partial charge on any atom is -0.444 e. The van der Waals surface area contributed by atoms with Crippen molar-refractivity contribution in [1.29, 1.82) is 0 Å². The zero-order chi connectivity index (χ0) is 21.8. The first-order chi connectivity index (χ1) is 14.9. The van der Waals surface area contributed by atoms with Gasteiger partial charge in [0.05, 0.1) is 10.6 Å². The van der Waals surface area contributed by atoms with Crippen LogP contribution >= 0.6 is 0 Å². The van der Waals surface area contributed by atoms with Crippen molar-refractivity contribution in [2.45, 2.75) is 25.9 Å². The van der Waals surface area contributed by atoms with E-state index in [0.717, 1.165) is 11.1 Å². The summed E-state index contributed by atoms with van der Waals surface area (Å²) < 4.78 is 62.6. The number of fused-ring (bicyclic) bond motifs is 1. The zero-order valence-corrected chi connectivity index (χ0v) is 17.2. The van der Waals surface area contributed by atoms with E-state index in [2.05, 4.69) is 14.4 Å². The molecule has 0 amide bonds. The fourth-order valence-corrected chi connectivity index (χ4v) is 4.58. The molecule has 3 aromatic rings. The molecule has 162 valence electrons. The van der Waals surface area contributed by atoms with Gasteiger partial charge in [-0.05, 0) is 54.3 Å². The topological polar surface area (TPSA) is 81.4 Å². The van der Waals surface area contributed by atoms with Gasteiger partial charge in [-0.1, -0.05) is 24.3 Å². The largest absolute Gasteiger partial charge is 0.444 e. The molecular formula is C22H20F2N2O4S. The van der Waals surface area contributed by atoms with Crippen molar-refractivity contribution in [3.05, 3.63) is 76.5 Å². The molecule has 6 nitrogen and oxygen atoms in total. The summed E-state index contributed by atoms with van der Waals surface area (Å²) in [7, 11) is -3.67. The Hall–Kier alpha value is -3.04. The molecule has 0 fully saturated rings. The number of sulfonamides is 1. The van der Waals surface area contributed by atoms with Gasteiger partial charge < -0.3 is 9.15 Å². The molecule has 1 aromatic heterocycles. The molecule has 0 atom stereocenters. The third kappa shape index (κ3) is 5.18. The summed E-state index contributed by atoms with van der Waals surface area (Å²) in [6, 6.07) is 13.9. The summed E-state index contributed by atoms with van der Waals surface area (Å²) in [4.78, 5) is 4.65. The van der Waals surface area contributed by atoms with E-state index in [9.17, 15) is 17.2 Å². The smallest absolute Gasteiger partial charge is 0.387 e. The normalized spacial score (nSPS) is 13.7. The van der Waals surface area contributed by atoms with Gasteiger partial charge in [0.15, 0.2) is 0 Å². The summed E-state index contributed by atoms with van der Waals surface area (Å²) in [5.41, 5.74) is 2.95. The molecule has 0 radical (unpaired) electrons. The first kappa shape index (κ1) is 21.2. The van der Waals surface area contributed by atoms with Gasteiger partial charge in [0, 0.05) is 18.5 Å². The van der Waals surface area contributed by atoms with Gasteiger partial charge in [-0.15, -0.1) is 0 Å². The second-order valence-corrected chi connectivity index (χ2v) is 8.83.